The molecule has 0 bridgehead atoms. The first-order valence-corrected chi connectivity index (χ1v) is 6.54. The van der Waals surface area contributed by atoms with E-state index in [2.05, 4.69) is 15.8 Å². The van der Waals surface area contributed by atoms with Gasteiger partial charge < -0.3 is 10.1 Å². The van der Waals surface area contributed by atoms with Gasteiger partial charge in [-0.05, 0) is 31.2 Å². The summed E-state index contributed by atoms with van der Waals surface area (Å²) in [6, 6.07) is 7.38. The molecule has 5 nitrogen and oxygen atoms in total. The van der Waals surface area contributed by atoms with Crippen LogP contribution >= 0.6 is 0 Å². The maximum absolute atomic E-state index is 11.7. The summed E-state index contributed by atoms with van der Waals surface area (Å²) in [4.78, 5) is 11.7. The van der Waals surface area contributed by atoms with Gasteiger partial charge >= 0.3 is 0 Å². The second kappa shape index (κ2) is 6.93. The monoisotopic (exact) mass is 277 g/mol. The molecule has 0 aliphatic rings. The van der Waals surface area contributed by atoms with E-state index in [0.717, 1.165) is 17.1 Å². The van der Waals surface area contributed by atoms with Crippen molar-refractivity contribution in [2.24, 2.45) is 10.5 Å². The number of rotatable bonds is 5. The first-order chi connectivity index (χ1) is 9.32. The van der Waals surface area contributed by atoms with Crippen LogP contribution in [0.5, 0.6) is 5.75 Å². The number of hydrogen-bond acceptors (Lipinski definition) is 4. The summed E-state index contributed by atoms with van der Waals surface area (Å²) in [5, 5.41) is 7.11. The minimum atomic E-state index is -0.176. The Morgan fingerprint density at radius 3 is 2.35 bits per heavy atom. The van der Waals surface area contributed by atoms with Crippen LogP contribution in [-0.2, 0) is 4.79 Å². The van der Waals surface area contributed by atoms with Crippen molar-refractivity contribution < 1.29 is 9.53 Å². The molecule has 2 N–H and O–H groups in total. The third-order valence-electron chi connectivity index (χ3n) is 2.98. The van der Waals surface area contributed by atoms with Crippen LogP contribution in [0.4, 0.5) is 5.69 Å². The molecule has 0 saturated carbocycles. The number of hydrogen-bond donors (Lipinski definition) is 2. The largest absolute Gasteiger partial charge is 0.497 e. The topological polar surface area (TPSA) is 62.7 Å². The van der Waals surface area contributed by atoms with Crippen LogP contribution in [0, 0.1) is 5.41 Å². The molecule has 0 aliphatic carbocycles. The molecule has 1 aromatic carbocycles. The van der Waals surface area contributed by atoms with E-state index in [4.69, 9.17) is 4.74 Å². The number of nitrogens with zero attached hydrogens (tertiary/aromatic N) is 1. The van der Waals surface area contributed by atoms with E-state index < -0.39 is 0 Å². The quantitative estimate of drug-likeness (QED) is 0.642. The number of ether oxygens (including phenoxy) is 1. The second-order valence-corrected chi connectivity index (χ2v) is 5.56. The van der Waals surface area contributed by atoms with Gasteiger partial charge in [0, 0.05) is 16.8 Å². The first kappa shape index (κ1) is 16.0. The van der Waals surface area contributed by atoms with E-state index in [1.807, 2.05) is 52.0 Å². The van der Waals surface area contributed by atoms with Gasteiger partial charge in [0.05, 0.1) is 13.7 Å². The Morgan fingerprint density at radius 1 is 1.25 bits per heavy atom. The van der Waals surface area contributed by atoms with E-state index in [0.29, 0.717) is 0 Å². The minimum absolute atomic E-state index is 0.0449. The highest BCUT2D eigenvalue weighted by atomic mass is 16.5. The molecule has 0 fully saturated rings. The molecule has 5 heteroatoms. The van der Waals surface area contributed by atoms with Crippen LogP contribution < -0.4 is 15.5 Å². The van der Waals surface area contributed by atoms with Crippen LogP contribution in [0.25, 0.3) is 0 Å². The predicted molar refractivity (Wildman–Crippen MR) is 82.2 cm³/mol. The third kappa shape index (κ3) is 5.30. The van der Waals surface area contributed by atoms with Gasteiger partial charge in [-0.15, -0.1) is 0 Å². The third-order valence-corrected chi connectivity index (χ3v) is 2.98. The van der Waals surface area contributed by atoms with Gasteiger partial charge in [0.1, 0.15) is 5.75 Å². The van der Waals surface area contributed by atoms with E-state index >= 15 is 0 Å². The Kier molecular flexibility index (Phi) is 5.55. The van der Waals surface area contributed by atoms with Gasteiger partial charge in [0.15, 0.2) is 0 Å². The lowest BCUT2D eigenvalue weighted by Crippen LogP contribution is -2.29. The van der Waals surface area contributed by atoms with Crippen LogP contribution in [0.1, 0.15) is 27.7 Å². The molecule has 0 spiro atoms. The summed E-state index contributed by atoms with van der Waals surface area (Å²) in [5.41, 5.74) is 4.24. The van der Waals surface area contributed by atoms with Crippen molar-refractivity contribution in [1.29, 1.82) is 0 Å². The normalized spacial score (nSPS) is 11.9. The average Bonchev–Trinajstić information content (AvgIpc) is 2.41. The number of anilines is 1. The van der Waals surface area contributed by atoms with Crippen LogP contribution in [0.2, 0.25) is 0 Å². The highest BCUT2D eigenvalue weighted by Gasteiger charge is 2.14. The minimum Gasteiger partial charge on any atom is -0.497 e. The van der Waals surface area contributed by atoms with Crippen molar-refractivity contribution in [3.05, 3.63) is 24.3 Å². The molecule has 0 unspecified atom stereocenters. The molecule has 0 aliphatic heterocycles. The molecule has 0 atom stereocenters. The van der Waals surface area contributed by atoms with Crippen molar-refractivity contribution >= 4 is 17.3 Å². The predicted octanol–water partition coefficient (Wildman–Crippen LogP) is 2.65. The number of benzene rings is 1. The Bertz CT molecular complexity index is 473. The fourth-order valence-electron chi connectivity index (χ4n) is 1.24. The van der Waals surface area contributed by atoms with Gasteiger partial charge in [0.2, 0.25) is 0 Å². The maximum atomic E-state index is 11.7. The summed E-state index contributed by atoms with van der Waals surface area (Å²) in [6.07, 6.45) is 0. The van der Waals surface area contributed by atoms with Crippen LogP contribution in [-0.4, -0.2) is 25.3 Å². The maximum Gasteiger partial charge on any atom is 0.259 e. The molecule has 1 aromatic rings. The molecule has 20 heavy (non-hydrogen) atoms. The lowest BCUT2D eigenvalue weighted by Gasteiger charge is -2.17. The smallest absolute Gasteiger partial charge is 0.259 e. The van der Waals surface area contributed by atoms with E-state index in [-0.39, 0.29) is 17.9 Å². The summed E-state index contributed by atoms with van der Waals surface area (Å²) >= 11 is 0. The fourth-order valence-corrected chi connectivity index (χ4v) is 1.24. The molecule has 0 saturated heterocycles. The Hall–Kier alpha value is -2.04. The Morgan fingerprint density at radius 2 is 1.85 bits per heavy atom. The lowest BCUT2D eigenvalue weighted by atomic mass is 9.91. The molecular formula is C15H23N3O2. The first-order valence-electron chi connectivity index (χ1n) is 6.54. The average molecular weight is 277 g/mol. The van der Waals surface area contributed by atoms with Gasteiger partial charge in [-0.1, -0.05) is 20.8 Å². The number of amides is 1. The van der Waals surface area contributed by atoms with Crippen LogP contribution in [0.15, 0.2) is 29.4 Å². The number of carbonyl (C=O) groups is 1. The van der Waals surface area contributed by atoms with Gasteiger partial charge in [-0.2, -0.15) is 5.10 Å². The molecule has 0 radical (unpaired) electrons. The van der Waals surface area contributed by atoms with E-state index in [1.165, 1.54) is 0 Å². The zero-order valence-electron chi connectivity index (χ0n) is 12.8. The fraction of sp³-hybridized carbons (Fsp3) is 0.467. The molecule has 0 heterocycles. The summed E-state index contributed by atoms with van der Waals surface area (Å²) in [7, 11) is 1.62. The Balaban J connectivity index is 2.43. The zero-order chi connectivity index (χ0) is 15.2. The van der Waals surface area contributed by atoms with Gasteiger partial charge in [0.25, 0.3) is 5.91 Å². The number of methoxy groups -OCH3 is 1. The Labute approximate surface area is 120 Å². The van der Waals surface area contributed by atoms with E-state index in [9.17, 15) is 4.79 Å². The summed E-state index contributed by atoms with van der Waals surface area (Å²) in [6.45, 7) is 8.22. The van der Waals surface area contributed by atoms with Crippen molar-refractivity contribution in [2.75, 3.05) is 19.0 Å². The van der Waals surface area contributed by atoms with E-state index in [1.54, 1.807) is 7.11 Å². The number of nitrogens with one attached hydrogen (secondary N) is 2. The zero-order valence-corrected chi connectivity index (χ0v) is 12.8. The van der Waals surface area contributed by atoms with Crippen molar-refractivity contribution in [3.8, 4) is 5.75 Å². The highest BCUT2D eigenvalue weighted by molar-refractivity contribution is 5.89. The van der Waals surface area contributed by atoms with Crippen molar-refractivity contribution in [3.63, 3.8) is 0 Å². The molecule has 110 valence electrons. The van der Waals surface area contributed by atoms with Crippen molar-refractivity contribution in [2.45, 2.75) is 27.7 Å². The van der Waals surface area contributed by atoms with Crippen molar-refractivity contribution in [1.82, 2.24) is 5.43 Å². The molecular weight excluding hydrogens is 254 g/mol. The number of carbonyl (C=O) groups excluding carboxylic acids is 1. The molecule has 0 aromatic heterocycles. The summed E-state index contributed by atoms with van der Waals surface area (Å²) < 4.78 is 5.07. The van der Waals surface area contributed by atoms with Crippen LogP contribution in [0.3, 0.4) is 0 Å². The van der Waals surface area contributed by atoms with Gasteiger partial charge in [-0.3, -0.25) is 4.79 Å². The standard InChI is InChI=1S/C15H23N3O2/c1-11(15(2,3)4)17-18-14(19)10-16-12-6-8-13(20-5)9-7-12/h6-9,16H,10H2,1-5H3,(H,18,19)/b17-11-. The lowest BCUT2D eigenvalue weighted by molar-refractivity contribution is -0.119. The molecule has 1 rings (SSSR count). The highest BCUT2D eigenvalue weighted by Crippen LogP contribution is 2.15. The number of hydrazone groups is 1. The van der Waals surface area contributed by atoms with Gasteiger partial charge in [-0.25, -0.2) is 5.43 Å². The molecule has 1 amide bonds. The second-order valence-electron chi connectivity index (χ2n) is 5.56. The SMILES string of the molecule is COc1ccc(NCC(=O)N/N=C(/C)C(C)(C)C)cc1. The summed E-state index contributed by atoms with van der Waals surface area (Å²) in [5.74, 6) is 0.606.